The van der Waals surface area contributed by atoms with Crippen molar-refractivity contribution in [3.8, 4) is 22.5 Å². The largest absolute Gasteiger partial charge is 0.244 e. The smallest absolute Gasteiger partial charge is 0.0982 e. The van der Waals surface area contributed by atoms with Gasteiger partial charge in [-0.1, -0.05) is 30.3 Å². The second-order valence-corrected chi connectivity index (χ2v) is 4.41. The number of fused-ring (bicyclic) bond motifs is 5. The minimum absolute atomic E-state index is 0.971. The molecule has 0 atom stereocenters. The van der Waals surface area contributed by atoms with Crippen LogP contribution in [0.4, 0.5) is 0 Å². The van der Waals surface area contributed by atoms with Gasteiger partial charge in [0.15, 0.2) is 0 Å². The van der Waals surface area contributed by atoms with Crippen LogP contribution in [0.1, 0.15) is 5.56 Å². The van der Waals surface area contributed by atoms with E-state index >= 15 is 0 Å². The fourth-order valence-corrected chi connectivity index (χ4v) is 2.48. The lowest BCUT2D eigenvalue weighted by Crippen LogP contribution is -2.06. The van der Waals surface area contributed by atoms with Crippen molar-refractivity contribution in [1.82, 2.24) is 9.97 Å². The third-order valence-corrected chi connectivity index (χ3v) is 3.34. The topological polar surface area (TPSA) is 25.8 Å². The summed E-state index contributed by atoms with van der Waals surface area (Å²) in [6.45, 7) is 2.12. The first-order valence-corrected chi connectivity index (χ1v) is 5.72. The lowest BCUT2D eigenvalue weighted by Gasteiger charge is -2.23. The van der Waals surface area contributed by atoms with Gasteiger partial charge < -0.3 is 0 Å². The van der Waals surface area contributed by atoms with E-state index in [2.05, 4.69) is 30.1 Å². The molecule has 0 spiro atoms. The van der Waals surface area contributed by atoms with Crippen molar-refractivity contribution in [1.29, 1.82) is 0 Å². The van der Waals surface area contributed by atoms with Crippen LogP contribution < -0.4 is 0 Å². The molecule has 3 aromatic rings. The van der Waals surface area contributed by atoms with E-state index in [-0.39, 0.29) is 0 Å². The number of aryl methyl sites for hydroxylation is 1. The van der Waals surface area contributed by atoms with Crippen molar-refractivity contribution in [3.63, 3.8) is 0 Å². The molecule has 4 rings (SSSR count). The standard InChI is InChI=1S/C15H10N2/c1-9-5-4-6-10-13(9)15-14(10)16-11-7-2-3-8-12(11)17-15/h2-8H,1H3. The summed E-state index contributed by atoms with van der Waals surface area (Å²) in [4.78, 5) is 9.38. The molecule has 1 heterocycles. The fraction of sp³-hybridized carbons (Fsp3) is 0.0667. The van der Waals surface area contributed by atoms with Crippen LogP contribution in [0.5, 0.6) is 0 Å². The molecule has 0 aliphatic heterocycles. The third-order valence-electron chi connectivity index (χ3n) is 3.34. The van der Waals surface area contributed by atoms with E-state index in [9.17, 15) is 0 Å². The summed E-state index contributed by atoms with van der Waals surface area (Å²) in [5.41, 5.74) is 7.82. The summed E-state index contributed by atoms with van der Waals surface area (Å²) >= 11 is 0. The lowest BCUT2D eigenvalue weighted by atomic mass is 9.85. The van der Waals surface area contributed by atoms with Gasteiger partial charge in [-0.3, -0.25) is 0 Å². The Bertz CT molecular complexity index is 760. The van der Waals surface area contributed by atoms with Crippen LogP contribution in [-0.2, 0) is 0 Å². The van der Waals surface area contributed by atoms with Gasteiger partial charge >= 0.3 is 0 Å². The quantitative estimate of drug-likeness (QED) is 0.451. The van der Waals surface area contributed by atoms with Crippen molar-refractivity contribution < 1.29 is 0 Å². The van der Waals surface area contributed by atoms with Crippen LogP contribution >= 0.6 is 0 Å². The maximum absolute atomic E-state index is 4.70. The van der Waals surface area contributed by atoms with E-state index in [1.54, 1.807) is 0 Å². The first kappa shape index (κ1) is 8.88. The minimum Gasteiger partial charge on any atom is -0.244 e. The molecule has 1 aromatic heterocycles. The van der Waals surface area contributed by atoms with Crippen LogP contribution in [0.15, 0.2) is 42.5 Å². The SMILES string of the molecule is Cc1cccc2c1-c1nc3ccccc3nc1-2. The molecule has 0 radical (unpaired) electrons. The van der Waals surface area contributed by atoms with Gasteiger partial charge in [0, 0.05) is 11.1 Å². The fourth-order valence-electron chi connectivity index (χ4n) is 2.48. The zero-order chi connectivity index (χ0) is 11.4. The molecule has 2 aromatic carbocycles. The second-order valence-electron chi connectivity index (χ2n) is 4.41. The molecule has 0 bridgehead atoms. The number of benzene rings is 2. The van der Waals surface area contributed by atoms with Crippen molar-refractivity contribution in [2.75, 3.05) is 0 Å². The Morgan fingerprint density at radius 1 is 0.765 bits per heavy atom. The Morgan fingerprint density at radius 3 is 2.24 bits per heavy atom. The van der Waals surface area contributed by atoms with Gasteiger partial charge in [0.2, 0.25) is 0 Å². The molecular formula is C15H10N2. The molecule has 80 valence electrons. The van der Waals surface area contributed by atoms with E-state index in [4.69, 9.17) is 4.98 Å². The van der Waals surface area contributed by atoms with E-state index in [1.807, 2.05) is 24.3 Å². The molecule has 1 aliphatic carbocycles. The highest BCUT2D eigenvalue weighted by Crippen LogP contribution is 2.46. The first-order chi connectivity index (χ1) is 8.34. The van der Waals surface area contributed by atoms with Gasteiger partial charge in [0.05, 0.1) is 22.4 Å². The summed E-state index contributed by atoms with van der Waals surface area (Å²) < 4.78 is 0. The predicted octanol–water partition coefficient (Wildman–Crippen LogP) is 3.59. The van der Waals surface area contributed by atoms with Gasteiger partial charge in [-0.2, -0.15) is 0 Å². The first-order valence-electron chi connectivity index (χ1n) is 5.72. The lowest BCUT2D eigenvalue weighted by molar-refractivity contribution is 1.23. The maximum atomic E-state index is 4.70. The Hall–Kier alpha value is -2.22. The van der Waals surface area contributed by atoms with Crippen LogP contribution in [0.25, 0.3) is 33.5 Å². The molecule has 0 unspecified atom stereocenters. The van der Waals surface area contributed by atoms with Gasteiger partial charge in [-0.15, -0.1) is 0 Å². The van der Waals surface area contributed by atoms with Gasteiger partial charge in [-0.25, -0.2) is 9.97 Å². The number of nitrogens with zero attached hydrogens (tertiary/aromatic N) is 2. The monoisotopic (exact) mass is 218 g/mol. The molecule has 1 aliphatic rings. The maximum Gasteiger partial charge on any atom is 0.0982 e. The van der Waals surface area contributed by atoms with Gasteiger partial charge in [0.25, 0.3) is 0 Å². The number of hydrogen-bond donors (Lipinski definition) is 0. The molecule has 0 N–H and O–H groups in total. The third kappa shape index (κ3) is 1.04. The Labute approximate surface area is 99.0 Å². The highest BCUT2D eigenvalue weighted by Gasteiger charge is 2.27. The van der Waals surface area contributed by atoms with Crippen molar-refractivity contribution >= 4 is 11.0 Å². The van der Waals surface area contributed by atoms with Crippen LogP contribution in [0.2, 0.25) is 0 Å². The average Bonchev–Trinajstić information content (AvgIpc) is 2.35. The molecule has 0 fully saturated rings. The number of hydrogen-bond acceptors (Lipinski definition) is 2. The molecule has 2 heteroatoms. The summed E-state index contributed by atoms with van der Waals surface area (Å²) in [6, 6.07) is 14.3. The van der Waals surface area contributed by atoms with Gasteiger partial charge in [-0.05, 0) is 24.6 Å². The zero-order valence-corrected chi connectivity index (χ0v) is 9.44. The molecule has 0 amide bonds. The molecule has 2 nitrogen and oxygen atoms in total. The van der Waals surface area contributed by atoms with Crippen LogP contribution in [0, 0.1) is 6.92 Å². The molecular weight excluding hydrogens is 208 g/mol. The van der Waals surface area contributed by atoms with Crippen molar-refractivity contribution in [3.05, 3.63) is 48.0 Å². The van der Waals surface area contributed by atoms with Crippen LogP contribution in [-0.4, -0.2) is 9.97 Å². The summed E-state index contributed by atoms with van der Waals surface area (Å²) in [6.07, 6.45) is 0. The average molecular weight is 218 g/mol. The summed E-state index contributed by atoms with van der Waals surface area (Å²) in [7, 11) is 0. The van der Waals surface area contributed by atoms with E-state index in [0.29, 0.717) is 0 Å². The number of rotatable bonds is 0. The summed E-state index contributed by atoms with van der Waals surface area (Å²) in [5.74, 6) is 0. The Balaban J connectivity index is 2.09. The molecule has 17 heavy (non-hydrogen) atoms. The van der Waals surface area contributed by atoms with Crippen LogP contribution in [0.3, 0.4) is 0 Å². The highest BCUT2D eigenvalue weighted by atomic mass is 14.9. The zero-order valence-electron chi connectivity index (χ0n) is 9.44. The Morgan fingerprint density at radius 2 is 1.47 bits per heavy atom. The number of para-hydroxylation sites is 2. The van der Waals surface area contributed by atoms with E-state index < -0.39 is 0 Å². The van der Waals surface area contributed by atoms with Crippen molar-refractivity contribution in [2.24, 2.45) is 0 Å². The second kappa shape index (κ2) is 2.92. The predicted molar refractivity (Wildman–Crippen MR) is 68.7 cm³/mol. The number of aromatic nitrogens is 2. The molecule has 0 saturated heterocycles. The minimum atomic E-state index is 0.971. The molecule has 0 saturated carbocycles. The van der Waals surface area contributed by atoms with E-state index in [0.717, 1.165) is 22.4 Å². The highest BCUT2D eigenvalue weighted by molar-refractivity contribution is 6.02. The normalized spacial score (nSPS) is 11.8. The summed E-state index contributed by atoms with van der Waals surface area (Å²) in [5, 5.41) is 0. The van der Waals surface area contributed by atoms with E-state index in [1.165, 1.54) is 16.7 Å². The Kier molecular flexibility index (Phi) is 1.52. The van der Waals surface area contributed by atoms with Gasteiger partial charge in [0.1, 0.15) is 0 Å². The van der Waals surface area contributed by atoms with Crippen molar-refractivity contribution in [2.45, 2.75) is 6.92 Å².